The largest absolute Gasteiger partial charge is 0.496 e. The first-order chi connectivity index (χ1) is 12.5. The van der Waals surface area contributed by atoms with Crippen LogP contribution in [0.15, 0.2) is 48.5 Å². The summed E-state index contributed by atoms with van der Waals surface area (Å²) in [6, 6.07) is 15.4. The highest BCUT2D eigenvalue weighted by molar-refractivity contribution is 5.95. The van der Waals surface area contributed by atoms with E-state index in [9.17, 15) is 4.79 Å². The molecule has 1 amide bonds. The Kier molecular flexibility index (Phi) is 7.04. The van der Waals surface area contributed by atoms with Gasteiger partial charge in [-0.2, -0.15) is 0 Å². The van der Waals surface area contributed by atoms with Crippen LogP contribution in [0.2, 0.25) is 0 Å². The van der Waals surface area contributed by atoms with Gasteiger partial charge in [0.1, 0.15) is 5.75 Å². The van der Waals surface area contributed by atoms with Crippen molar-refractivity contribution in [3.8, 4) is 5.75 Å². The van der Waals surface area contributed by atoms with Gasteiger partial charge in [-0.05, 0) is 31.2 Å². The van der Waals surface area contributed by atoms with Crippen LogP contribution in [-0.4, -0.2) is 51.8 Å². The Morgan fingerprint density at radius 3 is 2.46 bits per heavy atom. The summed E-state index contributed by atoms with van der Waals surface area (Å²) in [5.74, 6) is 0.751. The average Bonchev–Trinajstić information content (AvgIpc) is 2.66. The van der Waals surface area contributed by atoms with Crippen LogP contribution < -0.4 is 9.64 Å². The minimum Gasteiger partial charge on any atom is -0.496 e. The monoisotopic (exact) mass is 356 g/mol. The lowest BCUT2D eigenvalue weighted by molar-refractivity contribution is 0.0540. The number of methoxy groups -OCH3 is 2. The first-order valence-corrected chi connectivity index (χ1v) is 8.67. The zero-order valence-corrected chi connectivity index (χ0v) is 16.2. The molecule has 1 atom stereocenters. The van der Waals surface area contributed by atoms with E-state index in [1.165, 1.54) is 0 Å². The molecule has 0 bridgehead atoms. The molecule has 2 aromatic rings. The molecule has 0 N–H and O–H groups in total. The van der Waals surface area contributed by atoms with Crippen molar-refractivity contribution in [2.75, 3.05) is 39.8 Å². The Balaban J connectivity index is 2.35. The molecule has 2 rings (SSSR count). The van der Waals surface area contributed by atoms with Crippen LogP contribution in [0.4, 0.5) is 5.69 Å². The van der Waals surface area contributed by atoms with Crippen molar-refractivity contribution in [3.63, 3.8) is 0 Å². The van der Waals surface area contributed by atoms with Gasteiger partial charge in [-0.25, -0.2) is 0 Å². The normalized spacial score (nSPS) is 11.7. The number of ether oxygens (including phenoxy) is 2. The smallest absolute Gasteiger partial charge is 0.254 e. The molecule has 0 heterocycles. The van der Waals surface area contributed by atoms with Crippen LogP contribution in [0.1, 0.15) is 22.8 Å². The summed E-state index contributed by atoms with van der Waals surface area (Å²) in [5.41, 5.74) is 2.62. The van der Waals surface area contributed by atoms with E-state index in [0.29, 0.717) is 18.7 Å². The van der Waals surface area contributed by atoms with E-state index in [1.807, 2.05) is 79.3 Å². The minimum absolute atomic E-state index is 0.0239. The summed E-state index contributed by atoms with van der Waals surface area (Å²) in [7, 11) is 7.21. The molecule has 0 fully saturated rings. The molecule has 0 aromatic heterocycles. The van der Waals surface area contributed by atoms with Gasteiger partial charge in [-0.3, -0.25) is 4.79 Å². The van der Waals surface area contributed by atoms with Gasteiger partial charge in [0.05, 0.1) is 26.3 Å². The summed E-state index contributed by atoms with van der Waals surface area (Å²) < 4.78 is 10.7. The van der Waals surface area contributed by atoms with Crippen LogP contribution in [0.25, 0.3) is 0 Å². The van der Waals surface area contributed by atoms with Crippen LogP contribution in [0.5, 0.6) is 5.75 Å². The SMILES string of the molecule is COC[C@@H](C)N(Cc1ccccc1OC)C(=O)c1cccc(N(C)C)c1. The maximum Gasteiger partial charge on any atom is 0.254 e. The molecule has 5 nitrogen and oxygen atoms in total. The second kappa shape index (κ2) is 9.25. The number of carbonyl (C=O) groups excluding carboxylic acids is 1. The van der Waals surface area contributed by atoms with Crippen LogP contribution in [0.3, 0.4) is 0 Å². The third kappa shape index (κ3) is 4.76. The van der Waals surface area contributed by atoms with Gasteiger partial charge in [0.25, 0.3) is 5.91 Å². The topological polar surface area (TPSA) is 42.0 Å². The number of benzene rings is 2. The number of para-hydroxylation sites is 1. The molecule has 0 aliphatic heterocycles. The van der Waals surface area contributed by atoms with Crippen LogP contribution >= 0.6 is 0 Å². The predicted molar refractivity (Wildman–Crippen MR) is 105 cm³/mol. The highest BCUT2D eigenvalue weighted by Gasteiger charge is 2.23. The van der Waals surface area contributed by atoms with E-state index in [-0.39, 0.29) is 11.9 Å². The zero-order chi connectivity index (χ0) is 19.1. The lowest BCUT2D eigenvalue weighted by Gasteiger charge is -2.30. The average molecular weight is 356 g/mol. The van der Waals surface area contributed by atoms with Gasteiger partial charge in [0.15, 0.2) is 0 Å². The predicted octanol–water partition coefficient (Wildman–Crippen LogP) is 3.44. The van der Waals surface area contributed by atoms with E-state index >= 15 is 0 Å². The quantitative estimate of drug-likeness (QED) is 0.727. The van der Waals surface area contributed by atoms with Gasteiger partial charge in [0, 0.05) is 38.0 Å². The van der Waals surface area contributed by atoms with Crippen molar-refractivity contribution < 1.29 is 14.3 Å². The molecule has 0 aliphatic rings. The number of amides is 1. The van der Waals surface area contributed by atoms with E-state index in [0.717, 1.165) is 17.0 Å². The van der Waals surface area contributed by atoms with Crippen molar-refractivity contribution in [1.29, 1.82) is 0 Å². The van der Waals surface area contributed by atoms with E-state index in [2.05, 4.69) is 0 Å². The van der Waals surface area contributed by atoms with Gasteiger partial charge in [-0.15, -0.1) is 0 Å². The molecule has 26 heavy (non-hydrogen) atoms. The first kappa shape index (κ1) is 19.8. The Hall–Kier alpha value is -2.53. The summed E-state index contributed by atoms with van der Waals surface area (Å²) in [4.78, 5) is 17.1. The summed E-state index contributed by atoms with van der Waals surface area (Å²) >= 11 is 0. The molecule has 5 heteroatoms. The molecular weight excluding hydrogens is 328 g/mol. The summed E-state index contributed by atoms with van der Waals surface area (Å²) in [5, 5.41) is 0. The summed E-state index contributed by atoms with van der Waals surface area (Å²) in [6.45, 7) is 2.92. The number of rotatable bonds is 8. The standard InChI is InChI=1S/C21H28N2O3/c1-16(15-25-4)23(14-18-9-6-7-12-20(18)26-5)21(24)17-10-8-11-19(13-17)22(2)3/h6-13,16H,14-15H2,1-5H3/t16-/m1/s1. The van der Waals surface area contributed by atoms with Gasteiger partial charge < -0.3 is 19.3 Å². The number of hydrogen-bond acceptors (Lipinski definition) is 4. The number of carbonyl (C=O) groups is 1. The maximum atomic E-state index is 13.3. The molecule has 2 aromatic carbocycles. The fourth-order valence-electron chi connectivity index (χ4n) is 2.86. The number of hydrogen-bond donors (Lipinski definition) is 0. The molecule has 0 radical (unpaired) electrons. The Bertz CT molecular complexity index is 731. The molecule has 140 valence electrons. The highest BCUT2D eigenvalue weighted by atomic mass is 16.5. The molecule has 0 aliphatic carbocycles. The lowest BCUT2D eigenvalue weighted by atomic mass is 10.1. The maximum absolute atomic E-state index is 13.3. The van der Waals surface area contributed by atoms with Gasteiger partial charge >= 0.3 is 0 Å². The summed E-state index contributed by atoms with van der Waals surface area (Å²) in [6.07, 6.45) is 0. The second-order valence-corrected chi connectivity index (χ2v) is 6.49. The van der Waals surface area contributed by atoms with E-state index in [4.69, 9.17) is 9.47 Å². The van der Waals surface area contributed by atoms with Crippen LogP contribution in [-0.2, 0) is 11.3 Å². The van der Waals surface area contributed by atoms with E-state index in [1.54, 1.807) is 14.2 Å². The van der Waals surface area contributed by atoms with Crippen molar-refractivity contribution >= 4 is 11.6 Å². The Morgan fingerprint density at radius 1 is 1.08 bits per heavy atom. The Morgan fingerprint density at radius 2 is 1.81 bits per heavy atom. The Labute approximate surface area is 156 Å². The first-order valence-electron chi connectivity index (χ1n) is 8.67. The highest BCUT2D eigenvalue weighted by Crippen LogP contribution is 2.23. The van der Waals surface area contributed by atoms with Gasteiger partial charge in [0.2, 0.25) is 0 Å². The lowest BCUT2D eigenvalue weighted by Crippen LogP contribution is -2.40. The second-order valence-electron chi connectivity index (χ2n) is 6.49. The third-order valence-corrected chi connectivity index (χ3v) is 4.34. The molecule has 0 unspecified atom stereocenters. The number of anilines is 1. The fourth-order valence-corrected chi connectivity index (χ4v) is 2.86. The van der Waals surface area contributed by atoms with Crippen molar-refractivity contribution in [2.45, 2.75) is 19.5 Å². The van der Waals surface area contributed by atoms with Crippen molar-refractivity contribution in [3.05, 3.63) is 59.7 Å². The molecule has 0 saturated carbocycles. The van der Waals surface area contributed by atoms with Crippen LogP contribution in [0, 0.1) is 0 Å². The van der Waals surface area contributed by atoms with Gasteiger partial charge in [-0.1, -0.05) is 24.3 Å². The minimum atomic E-state index is -0.0691. The third-order valence-electron chi connectivity index (χ3n) is 4.34. The van der Waals surface area contributed by atoms with E-state index < -0.39 is 0 Å². The molecule has 0 spiro atoms. The fraction of sp³-hybridized carbons (Fsp3) is 0.381. The molecule has 0 saturated heterocycles. The molecular formula is C21H28N2O3. The van der Waals surface area contributed by atoms with Crippen molar-refractivity contribution in [1.82, 2.24) is 4.90 Å². The zero-order valence-electron chi connectivity index (χ0n) is 16.2. The van der Waals surface area contributed by atoms with Crippen molar-refractivity contribution in [2.24, 2.45) is 0 Å². The number of nitrogens with zero attached hydrogens (tertiary/aromatic N) is 2.